The summed E-state index contributed by atoms with van der Waals surface area (Å²) < 4.78 is 5.22. The van der Waals surface area contributed by atoms with Crippen molar-refractivity contribution in [1.29, 1.82) is 0 Å². The molecule has 0 unspecified atom stereocenters. The maximum Gasteiger partial charge on any atom is 0.248 e. The lowest BCUT2D eigenvalue weighted by Crippen LogP contribution is -2.08. The van der Waals surface area contributed by atoms with Crippen LogP contribution in [-0.4, -0.2) is 18.9 Å². The predicted octanol–water partition coefficient (Wildman–Crippen LogP) is 3.31. The van der Waals surface area contributed by atoms with Gasteiger partial charge in [0.15, 0.2) is 0 Å². The lowest BCUT2D eigenvalue weighted by molar-refractivity contribution is -0.114. The van der Waals surface area contributed by atoms with Crippen molar-refractivity contribution in [1.82, 2.24) is 0 Å². The van der Waals surface area contributed by atoms with Crippen LogP contribution in [0.25, 0.3) is 6.08 Å². The number of benzene rings is 2. The summed E-state index contributed by atoms with van der Waals surface area (Å²) in [5.74, 6) is 0.320. The Morgan fingerprint density at radius 2 is 1.57 bits per heavy atom. The number of rotatable bonds is 5. The molecule has 2 N–H and O–H groups in total. The van der Waals surface area contributed by atoms with E-state index in [1.54, 1.807) is 37.5 Å². The number of ether oxygens (including phenoxy) is 1. The largest absolute Gasteiger partial charge is 0.496 e. The summed E-state index contributed by atoms with van der Waals surface area (Å²) in [7, 11) is 1.59. The van der Waals surface area contributed by atoms with Crippen molar-refractivity contribution in [2.75, 3.05) is 17.7 Å². The number of hydrogen-bond acceptors (Lipinski definition) is 3. The third-order valence-electron chi connectivity index (χ3n) is 3.03. The molecule has 0 atom stereocenters. The third-order valence-corrected chi connectivity index (χ3v) is 3.03. The minimum atomic E-state index is -0.247. The topological polar surface area (TPSA) is 67.4 Å². The van der Waals surface area contributed by atoms with E-state index < -0.39 is 0 Å². The van der Waals surface area contributed by atoms with E-state index in [0.29, 0.717) is 17.1 Å². The van der Waals surface area contributed by atoms with Crippen molar-refractivity contribution in [2.24, 2.45) is 0 Å². The van der Waals surface area contributed by atoms with E-state index >= 15 is 0 Å². The Morgan fingerprint density at radius 3 is 2.17 bits per heavy atom. The summed E-state index contributed by atoms with van der Waals surface area (Å²) in [6.07, 6.45) is 3.14. The van der Waals surface area contributed by atoms with Crippen molar-refractivity contribution in [3.8, 4) is 5.75 Å². The fourth-order valence-corrected chi connectivity index (χ4v) is 1.99. The van der Waals surface area contributed by atoms with Crippen LogP contribution in [0.4, 0.5) is 11.4 Å². The van der Waals surface area contributed by atoms with Gasteiger partial charge in [-0.1, -0.05) is 18.2 Å². The molecule has 0 aliphatic heterocycles. The van der Waals surface area contributed by atoms with Crippen LogP contribution in [0, 0.1) is 0 Å². The molecule has 5 heteroatoms. The third kappa shape index (κ3) is 5.00. The molecule has 0 heterocycles. The van der Waals surface area contributed by atoms with Crippen molar-refractivity contribution in [2.45, 2.75) is 6.92 Å². The maximum atomic E-state index is 11.9. The number of carbonyl (C=O) groups is 2. The van der Waals surface area contributed by atoms with Crippen LogP contribution in [0.1, 0.15) is 12.5 Å². The summed E-state index contributed by atoms with van der Waals surface area (Å²) in [5, 5.41) is 5.42. The fraction of sp³-hybridized carbons (Fsp3) is 0.111. The highest BCUT2D eigenvalue weighted by Crippen LogP contribution is 2.19. The van der Waals surface area contributed by atoms with Gasteiger partial charge >= 0.3 is 0 Å². The highest BCUT2D eigenvalue weighted by atomic mass is 16.5. The highest BCUT2D eigenvalue weighted by Gasteiger charge is 2.01. The van der Waals surface area contributed by atoms with Gasteiger partial charge in [-0.15, -0.1) is 0 Å². The summed E-state index contributed by atoms with van der Waals surface area (Å²) in [6, 6.07) is 14.3. The van der Waals surface area contributed by atoms with Gasteiger partial charge in [0, 0.05) is 29.9 Å². The van der Waals surface area contributed by atoms with Crippen LogP contribution in [-0.2, 0) is 9.59 Å². The molecular weight excluding hydrogens is 292 g/mol. The first-order valence-electron chi connectivity index (χ1n) is 7.08. The molecule has 2 aromatic rings. The molecule has 0 radical (unpaired) electrons. The molecule has 2 rings (SSSR count). The average Bonchev–Trinajstić information content (AvgIpc) is 2.54. The first kappa shape index (κ1) is 16.3. The molecular formula is C18H18N2O3. The Hall–Kier alpha value is -3.08. The van der Waals surface area contributed by atoms with Crippen LogP contribution in [0.15, 0.2) is 54.6 Å². The van der Waals surface area contributed by atoms with E-state index in [9.17, 15) is 9.59 Å². The van der Waals surface area contributed by atoms with E-state index in [4.69, 9.17) is 4.74 Å². The minimum Gasteiger partial charge on any atom is -0.496 e. The van der Waals surface area contributed by atoms with Gasteiger partial charge in [0.25, 0.3) is 0 Å². The Balaban J connectivity index is 1.99. The smallest absolute Gasteiger partial charge is 0.248 e. The monoisotopic (exact) mass is 310 g/mol. The molecule has 2 amide bonds. The van der Waals surface area contributed by atoms with Gasteiger partial charge in [-0.2, -0.15) is 0 Å². The molecule has 0 aliphatic carbocycles. The van der Waals surface area contributed by atoms with E-state index in [0.717, 1.165) is 5.56 Å². The molecule has 0 spiro atoms. The van der Waals surface area contributed by atoms with E-state index in [1.165, 1.54) is 13.0 Å². The van der Waals surface area contributed by atoms with Crippen LogP contribution < -0.4 is 15.4 Å². The summed E-state index contributed by atoms with van der Waals surface area (Å²) in [6.45, 7) is 1.44. The number of anilines is 2. The molecule has 0 bridgehead atoms. The quantitative estimate of drug-likeness (QED) is 0.833. The van der Waals surface area contributed by atoms with E-state index in [1.807, 2.05) is 24.3 Å². The first-order chi connectivity index (χ1) is 11.1. The minimum absolute atomic E-state index is 0.137. The predicted molar refractivity (Wildman–Crippen MR) is 91.4 cm³/mol. The Kier molecular flexibility index (Phi) is 5.52. The van der Waals surface area contributed by atoms with E-state index in [-0.39, 0.29) is 11.8 Å². The Labute approximate surface area is 135 Å². The number of amides is 2. The molecule has 23 heavy (non-hydrogen) atoms. The summed E-state index contributed by atoms with van der Waals surface area (Å²) in [5.41, 5.74) is 2.15. The molecule has 0 saturated carbocycles. The van der Waals surface area contributed by atoms with Crippen LogP contribution in [0.5, 0.6) is 5.75 Å². The lowest BCUT2D eigenvalue weighted by Gasteiger charge is -2.05. The second kappa shape index (κ2) is 7.79. The van der Waals surface area contributed by atoms with Crippen LogP contribution >= 0.6 is 0 Å². The van der Waals surface area contributed by atoms with Gasteiger partial charge in [-0.3, -0.25) is 9.59 Å². The van der Waals surface area contributed by atoms with Crippen LogP contribution in [0.2, 0.25) is 0 Å². The zero-order valence-corrected chi connectivity index (χ0v) is 13.0. The molecule has 0 saturated heterocycles. The van der Waals surface area contributed by atoms with Gasteiger partial charge in [0.1, 0.15) is 5.75 Å². The van der Waals surface area contributed by atoms with Crippen molar-refractivity contribution in [3.63, 3.8) is 0 Å². The van der Waals surface area contributed by atoms with Gasteiger partial charge < -0.3 is 15.4 Å². The zero-order valence-electron chi connectivity index (χ0n) is 13.0. The summed E-state index contributed by atoms with van der Waals surface area (Å²) in [4.78, 5) is 22.9. The maximum absolute atomic E-state index is 11.9. The molecule has 118 valence electrons. The van der Waals surface area contributed by atoms with Crippen molar-refractivity contribution in [3.05, 3.63) is 60.2 Å². The standard InChI is InChI=1S/C18H18N2O3/c1-13(21)19-15-8-10-16(11-9-15)20-18(22)12-7-14-5-3-4-6-17(14)23-2/h3-12H,1-2H3,(H,19,21)(H,20,22). The Bertz CT molecular complexity index is 721. The van der Waals surface area contributed by atoms with Gasteiger partial charge in [0.2, 0.25) is 11.8 Å². The zero-order chi connectivity index (χ0) is 16.7. The second-order valence-electron chi connectivity index (χ2n) is 4.82. The van der Waals surface area contributed by atoms with Gasteiger partial charge in [-0.05, 0) is 36.4 Å². The highest BCUT2D eigenvalue weighted by molar-refractivity contribution is 6.02. The van der Waals surface area contributed by atoms with Gasteiger partial charge in [-0.25, -0.2) is 0 Å². The normalized spacial score (nSPS) is 10.3. The molecule has 5 nitrogen and oxygen atoms in total. The molecule has 0 aliphatic rings. The molecule has 0 fully saturated rings. The van der Waals surface area contributed by atoms with Gasteiger partial charge in [0.05, 0.1) is 7.11 Å². The first-order valence-corrected chi connectivity index (χ1v) is 7.08. The number of hydrogen-bond donors (Lipinski definition) is 2. The van der Waals surface area contributed by atoms with E-state index in [2.05, 4.69) is 10.6 Å². The van der Waals surface area contributed by atoms with Crippen molar-refractivity contribution >= 4 is 29.3 Å². The molecule has 2 aromatic carbocycles. The second-order valence-corrected chi connectivity index (χ2v) is 4.82. The Morgan fingerprint density at radius 1 is 0.957 bits per heavy atom. The SMILES string of the molecule is COc1ccccc1C=CC(=O)Nc1ccc(NC(C)=O)cc1. The molecule has 0 aromatic heterocycles. The lowest BCUT2D eigenvalue weighted by atomic mass is 10.2. The summed E-state index contributed by atoms with van der Waals surface area (Å²) >= 11 is 0. The number of nitrogens with one attached hydrogen (secondary N) is 2. The van der Waals surface area contributed by atoms with Crippen LogP contribution in [0.3, 0.4) is 0 Å². The number of methoxy groups -OCH3 is 1. The number of para-hydroxylation sites is 1. The fourth-order valence-electron chi connectivity index (χ4n) is 1.99. The average molecular weight is 310 g/mol. The van der Waals surface area contributed by atoms with Crippen molar-refractivity contribution < 1.29 is 14.3 Å². The number of carbonyl (C=O) groups excluding carboxylic acids is 2.